The molecular weight excluding hydrogens is 180 g/mol. The molecule has 0 aliphatic rings. The van der Waals surface area contributed by atoms with E-state index in [4.69, 9.17) is 0 Å². The first kappa shape index (κ1) is 12.3. The monoisotopic (exact) mass is 195 g/mol. The van der Waals surface area contributed by atoms with E-state index in [9.17, 15) is 13.6 Å². The Morgan fingerprint density at radius 1 is 1.46 bits per heavy atom. The predicted octanol–water partition coefficient (Wildman–Crippen LogP) is 1.14. The molecule has 0 spiro atoms. The van der Waals surface area contributed by atoms with Crippen molar-refractivity contribution < 1.29 is 18.3 Å². The molecule has 0 heterocycles. The van der Waals surface area contributed by atoms with Gasteiger partial charge in [0.2, 0.25) is 0 Å². The maximum atomic E-state index is 11.9. The fourth-order valence-electron chi connectivity index (χ4n) is 0.890. The molecule has 0 fully saturated rings. The van der Waals surface area contributed by atoms with Crippen molar-refractivity contribution in [3.8, 4) is 0 Å². The van der Waals surface area contributed by atoms with Gasteiger partial charge in [-0.05, 0) is 13.5 Å². The molecule has 3 nitrogen and oxygen atoms in total. The van der Waals surface area contributed by atoms with Crippen molar-refractivity contribution in [3.05, 3.63) is 0 Å². The summed E-state index contributed by atoms with van der Waals surface area (Å²) in [4.78, 5) is 12.2. The summed E-state index contributed by atoms with van der Waals surface area (Å²) in [5.41, 5.74) is 0. The summed E-state index contributed by atoms with van der Waals surface area (Å²) in [5.74, 6) is -0.454. The van der Waals surface area contributed by atoms with Gasteiger partial charge in [-0.2, -0.15) is 0 Å². The Morgan fingerprint density at radius 2 is 2.08 bits per heavy atom. The molecule has 0 unspecified atom stereocenters. The zero-order valence-electron chi connectivity index (χ0n) is 7.93. The molecule has 0 aromatic rings. The molecular formula is C8H15F2NO2. The topological polar surface area (TPSA) is 29.5 Å². The highest BCUT2D eigenvalue weighted by Gasteiger charge is 2.13. The second-order valence-corrected chi connectivity index (χ2v) is 2.52. The number of esters is 1. The van der Waals surface area contributed by atoms with E-state index in [2.05, 4.69) is 4.74 Å². The SMILES string of the molecule is CCOC(=O)CN(CC)CC(F)F. The lowest BCUT2D eigenvalue weighted by Gasteiger charge is -2.18. The highest BCUT2D eigenvalue weighted by atomic mass is 19.3. The van der Waals surface area contributed by atoms with Crippen LogP contribution in [0.25, 0.3) is 0 Å². The largest absolute Gasteiger partial charge is 0.465 e. The lowest BCUT2D eigenvalue weighted by Crippen LogP contribution is -2.34. The van der Waals surface area contributed by atoms with Crippen LogP contribution in [0.5, 0.6) is 0 Å². The van der Waals surface area contributed by atoms with Crippen LogP contribution in [-0.4, -0.2) is 43.5 Å². The number of hydrogen-bond acceptors (Lipinski definition) is 3. The maximum absolute atomic E-state index is 11.9. The molecule has 0 atom stereocenters. The summed E-state index contributed by atoms with van der Waals surface area (Å²) in [5, 5.41) is 0. The van der Waals surface area contributed by atoms with Crippen molar-refractivity contribution in [1.29, 1.82) is 0 Å². The number of carbonyl (C=O) groups excluding carboxylic acids is 1. The maximum Gasteiger partial charge on any atom is 0.320 e. The molecule has 0 saturated carbocycles. The molecule has 0 aliphatic heterocycles. The molecule has 5 heteroatoms. The van der Waals surface area contributed by atoms with Crippen molar-refractivity contribution in [2.24, 2.45) is 0 Å². The van der Waals surface area contributed by atoms with Gasteiger partial charge >= 0.3 is 5.97 Å². The second-order valence-electron chi connectivity index (χ2n) is 2.52. The van der Waals surface area contributed by atoms with Crippen molar-refractivity contribution in [3.63, 3.8) is 0 Å². The molecule has 0 radical (unpaired) electrons. The van der Waals surface area contributed by atoms with Crippen molar-refractivity contribution in [2.45, 2.75) is 20.3 Å². The average Bonchev–Trinajstić information content (AvgIpc) is 2.02. The molecule has 0 rings (SSSR count). The number of nitrogens with zero attached hydrogens (tertiary/aromatic N) is 1. The summed E-state index contributed by atoms with van der Waals surface area (Å²) < 4.78 is 28.5. The van der Waals surface area contributed by atoms with Crippen LogP contribution in [0.3, 0.4) is 0 Å². The van der Waals surface area contributed by atoms with Crippen LogP contribution in [0.1, 0.15) is 13.8 Å². The normalized spacial score (nSPS) is 10.9. The number of alkyl halides is 2. The van der Waals surface area contributed by atoms with Crippen molar-refractivity contribution in [1.82, 2.24) is 4.90 Å². The molecule has 0 N–H and O–H groups in total. The first-order valence-corrected chi connectivity index (χ1v) is 4.26. The van der Waals surface area contributed by atoms with E-state index in [0.29, 0.717) is 6.54 Å². The van der Waals surface area contributed by atoms with E-state index in [1.165, 1.54) is 4.90 Å². The fraction of sp³-hybridized carbons (Fsp3) is 0.875. The Balaban J connectivity index is 3.76. The summed E-state index contributed by atoms with van der Waals surface area (Å²) in [6.07, 6.45) is -2.41. The minimum atomic E-state index is -2.41. The number of hydrogen-bond donors (Lipinski definition) is 0. The lowest BCUT2D eigenvalue weighted by atomic mass is 10.4. The average molecular weight is 195 g/mol. The van der Waals surface area contributed by atoms with Gasteiger partial charge in [0.1, 0.15) is 0 Å². The molecule has 0 bridgehead atoms. The smallest absolute Gasteiger partial charge is 0.320 e. The van der Waals surface area contributed by atoms with E-state index in [-0.39, 0.29) is 19.7 Å². The van der Waals surface area contributed by atoms with Gasteiger partial charge in [0.05, 0.1) is 19.7 Å². The number of ether oxygens (including phenoxy) is 1. The van der Waals surface area contributed by atoms with Crippen LogP contribution in [0.2, 0.25) is 0 Å². The Labute approximate surface area is 76.7 Å². The third-order valence-corrected chi connectivity index (χ3v) is 1.50. The van der Waals surface area contributed by atoms with E-state index in [1.807, 2.05) is 0 Å². The van der Waals surface area contributed by atoms with Gasteiger partial charge < -0.3 is 4.74 Å². The Bertz CT molecular complexity index is 153. The first-order valence-electron chi connectivity index (χ1n) is 4.26. The van der Waals surface area contributed by atoms with E-state index < -0.39 is 12.4 Å². The highest BCUT2D eigenvalue weighted by molar-refractivity contribution is 5.71. The van der Waals surface area contributed by atoms with E-state index in [1.54, 1.807) is 13.8 Å². The highest BCUT2D eigenvalue weighted by Crippen LogP contribution is 1.98. The van der Waals surface area contributed by atoms with E-state index in [0.717, 1.165) is 0 Å². The van der Waals surface area contributed by atoms with Crippen LogP contribution < -0.4 is 0 Å². The summed E-state index contributed by atoms with van der Waals surface area (Å²) in [6, 6.07) is 0. The molecule has 0 amide bonds. The molecule has 0 saturated heterocycles. The van der Waals surface area contributed by atoms with Gasteiger partial charge in [-0.25, -0.2) is 8.78 Å². The predicted molar refractivity (Wildman–Crippen MR) is 44.8 cm³/mol. The van der Waals surface area contributed by atoms with Gasteiger partial charge in [0, 0.05) is 0 Å². The minimum absolute atomic E-state index is 0.0608. The Hall–Kier alpha value is -0.710. The van der Waals surface area contributed by atoms with Gasteiger partial charge in [-0.15, -0.1) is 0 Å². The minimum Gasteiger partial charge on any atom is -0.465 e. The van der Waals surface area contributed by atoms with Gasteiger partial charge in [0.25, 0.3) is 6.43 Å². The third-order valence-electron chi connectivity index (χ3n) is 1.50. The first-order chi connectivity index (χ1) is 6.10. The zero-order chi connectivity index (χ0) is 10.3. The quantitative estimate of drug-likeness (QED) is 0.595. The number of likely N-dealkylation sites (N-methyl/N-ethyl adjacent to an activating group) is 1. The zero-order valence-corrected chi connectivity index (χ0v) is 7.93. The molecule has 0 aliphatic carbocycles. The number of rotatable bonds is 6. The summed E-state index contributed by atoms with van der Waals surface area (Å²) >= 11 is 0. The summed E-state index contributed by atoms with van der Waals surface area (Å²) in [6.45, 7) is 3.67. The van der Waals surface area contributed by atoms with Crippen LogP contribution in [0, 0.1) is 0 Å². The van der Waals surface area contributed by atoms with E-state index >= 15 is 0 Å². The molecule has 78 valence electrons. The van der Waals surface area contributed by atoms with Crippen molar-refractivity contribution >= 4 is 5.97 Å². The Morgan fingerprint density at radius 3 is 2.46 bits per heavy atom. The Kier molecular flexibility index (Phi) is 6.40. The van der Waals surface area contributed by atoms with Crippen LogP contribution in [0.4, 0.5) is 8.78 Å². The van der Waals surface area contributed by atoms with Gasteiger partial charge in [-0.3, -0.25) is 9.69 Å². The molecule has 13 heavy (non-hydrogen) atoms. The standard InChI is InChI=1S/C8H15F2NO2/c1-3-11(5-7(9)10)6-8(12)13-4-2/h7H,3-6H2,1-2H3. The van der Waals surface area contributed by atoms with Crippen LogP contribution in [0.15, 0.2) is 0 Å². The fourth-order valence-corrected chi connectivity index (χ4v) is 0.890. The second kappa shape index (κ2) is 6.77. The third kappa shape index (κ3) is 6.45. The molecule has 0 aromatic heterocycles. The van der Waals surface area contributed by atoms with Crippen LogP contribution >= 0.6 is 0 Å². The number of halogens is 2. The summed E-state index contributed by atoms with van der Waals surface area (Å²) in [7, 11) is 0. The van der Waals surface area contributed by atoms with Crippen molar-refractivity contribution in [2.75, 3.05) is 26.2 Å². The lowest BCUT2D eigenvalue weighted by molar-refractivity contribution is -0.144. The van der Waals surface area contributed by atoms with Gasteiger partial charge in [0.15, 0.2) is 0 Å². The van der Waals surface area contributed by atoms with Gasteiger partial charge in [-0.1, -0.05) is 6.92 Å². The molecule has 0 aromatic carbocycles. The number of carbonyl (C=O) groups is 1. The van der Waals surface area contributed by atoms with Crippen LogP contribution in [-0.2, 0) is 9.53 Å².